The zero-order valence-corrected chi connectivity index (χ0v) is 16.5. The van der Waals surface area contributed by atoms with Crippen LogP contribution in [-0.2, 0) is 10.9 Å². The molecular formula is C21H22F3N3O3. The third kappa shape index (κ3) is 3.86. The molecule has 4 rings (SSSR count). The maximum Gasteiger partial charge on any atom is 0.416 e. The number of benzene rings is 1. The van der Waals surface area contributed by atoms with Gasteiger partial charge in [-0.05, 0) is 38.0 Å². The van der Waals surface area contributed by atoms with Crippen molar-refractivity contribution >= 4 is 5.91 Å². The van der Waals surface area contributed by atoms with Gasteiger partial charge in [0.1, 0.15) is 0 Å². The van der Waals surface area contributed by atoms with Gasteiger partial charge in [-0.3, -0.25) is 9.59 Å². The molecule has 0 bridgehead atoms. The van der Waals surface area contributed by atoms with E-state index in [4.69, 9.17) is 4.74 Å². The fourth-order valence-corrected chi connectivity index (χ4v) is 4.26. The van der Waals surface area contributed by atoms with E-state index >= 15 is 0 Å². The molecule has 1 aromatic carbocycles. The molecule has 1 amide bonds. The van der Waals surface area contributed by atoms with Crippen molar-refractivity contribution in [2.45, 2.75) is 50.9 Å². The highest BCUT2D eigenvalue weighted by molar-refractivity contribution is 5.92. The van der Waals surface area contributed by atoms with Crippen LogP contribution in [0.2, 0.25) is 0 Å². The Morgan fingerprint density at radius 1 is 1.20 bits per heavy atom. The lowest BCUT2D eigenvalue weighted by Crippen LogP contribution is -2.55. The van der Waals surface area contributed by atoms with Gasteiger partial charge >= 0.3 is 6.18 Å². The first-order valence-corrected chi connectivity index (χ1v) is 9.97. The summed E-state index contributed by atoms with van der Waals surface area (Å²) in [5, 5.41) is 4.18. The van der Waals surface area contributed by atoms with E-state index in [1.165, 1.54) is 22.9 Å². The molecule has 1 saturated heterocycles. The summed E-state index contributed by atoms with van der Waals surface area (Å²) in [4.78, 5) is 27.4. The Bertz CT molecular complexity index is 1020. The molecule has 1 aliphatic carbocycles. The first-order chi connectivity index (χ1) is 14.3. The van der Waals surface area contributed by atoms with Crippen LogP contribution < -0.4 is 5.43 Å². The first kappa shape index (κ1) is 20.6. The zero-order chi connectivity index (χ0) is 21.5. The summed E-state index contributed by atoms with van der Waals surface area (Å²) in [6.07, 6.45) is -0.884. The second kappa shape index (κ2) is 7.86. The number of halogens is 3. The highest BCUT2D eigenvalue weighted by Gasteiger charge is 2.38. The number of aromatic nitrogens is 2. The lowest BCUT2D eigenvalue weighted by Gasteiger charge is -2.43. The smallest absolute Gasteiger partial charge is 0.374 e. The average molecular weight is 421 g/mol. The van der Waals surface area contributed by atoms with Crippen LogP contribution >= 0.6 is 0 Å². The average Bonchev–Trinajstić information content (AvgIpc) is 2.72. The normalized spacial score (nSPS) is 21.9. The number of rotatable bonds is 2. The summed E-state index contributed by atoms with van der Waals surface area (Å²) in [5.41, 5.74) is -1.18. The summed E-state index contributed by atoms with van der Waals surface area (Å²) in [6, 6.07) is 5.77. The molecule has 30 heavy (non-hydrogen) atoms. The summed E-state index contributed by atoms with van der Waals surface area (Å²) < 4.78 is 46.3. The molecule has 0 spiro atoms. The molecular weight excluding hydrogens is 399 g/mol. The van der Waals surface area contributed by atoms with Crippen LogP contribution in [0.3, 0.4) is 0 Å². The van der Waals surface area contributed by atoms with E-state index in [1.54, 1.807) is 11.8 Å². The Kier molecular flexibility index (Phi) is 5.40. The van der Waals surface area contributed by atoms with Crippen LogP contribution in [0, 0.1) is 6.92 Å². The van der Waals surface area contributed by atoms with Crippen LogP contribution in [-0.4, -0.2) is 45.9 Å². The molecule has 1 aromatic heterocycles. The van der Waals surface area contributed by atoms with Crippen molar-refractivity contribution in [2.75, 3.05) is 13.2 Å². The molecule has 2 atom stereocenters. The minimum absolute atomic E-state index is 0.0485. The molecule has 2 aliphatic rings. The van der Waals surface area contributed by atoms with Crippen molar-refractivity contribution in [3.63, 3.8) is 0 Å². The molecule has 9 heteroatoms. The standard InChI is InChI=1S/C21H22F3N3O3/c1-13-11-17(28)19(20(29)26-9-10-30-18-8-3-2-7-16(18)26)25-27(13)15-6-4-5-14(12-15)21(22,23)24/h4-6,11-12,16,18H,2-3,7-10H2,1H3. The number of morpholine rings is 1. The van der Waals surface area contributed by atoms with Crippen molar-refractivity contribution in [3.8, 4) is 5.69 Å². The number of ether oxygens (including phenoxy) is 1. The van der Waals surface area contributed by atoms with Gasteiger partial charge in [-0.1, -0.05) is 18.9 Å². The summed E-state index contributed by atoms with van der Waals surface area (Å²) in [7, 11) is 0. The number of hydrogen-bond acceptors (Lipinski definition) is 4. The van der Waals surface area contributed by atoms with E-state index < -0.39 is 23.1 Å². The fourth-order valence-electron chi connectivity index (χ4n) is 4.26. The summed E-state index contributed by atoms with van der Waals surface area (Å²) >= 11 is 0. The number of nitrogens with zero attached hydrogens (tertiary/aromatic N) is 3. The van der Waals surface area contributed by atoms with Gasteiger partial charge in [0.2, 0.25) is 5.43 Å². The minimum Gasteiger partial charge on any atom is -0.374 e. The lowest BCUT2D eigenvalue weighted by atomic mass is 9.90. The Morgan fingerprint density at radius 2 is 1.97 bits per heavy atom. The molecule has 6 nitrogen and oxygen atoms in total. The molecule has 0 N–H and O–H groups in total. The van der Waals surface area contributed by atoms with E-state index in [2.05, 4.69) is 5.10 Å². The van der Waals surface area contributed by atoms with Crippen LogP contribution in [0.4, 0.5) is 13.2 Å². The number of alkyl halides is 3. The van der Waals surface area contributed by atoms with Gasteiger partial charge in [0, 0.05) is 18.3 Å². The number of carbonyl (C=O) groups excluding carboxylic acids is 1. The van der Waals surface area contributed by atoms with Crippen molar-refractivity contribution in [3.05, 3.63) is 57.5 Å². The number of carbonyl (C=O) groups is 1. The Hall–Kier alpha value is -2.68. The van der Waals surface area contributed by atoms with Crippen LogP contribution in [0.1, 0.15) is 47.4 Å². The molecule has 2 fully saturated rings. The van der Waals surface area contributed by atoms with Gasteiger partial charge in [-0.2, -0.15) is 18.3 Å². The van der Waals surface area contributed by atoms with Crippen molar-refractivity contribution < 1.29 is 22.7 Å². The van der Waals surface area contributed by atoms with E-state index in [-0.39, 0.29) is 23.5 Å². The predicted molar refractivity (Wildman–Crippen MR) is 103 cm³/mol. The number of fused-ring (bicyclic) bond motifs is 1. The van der Waals surface area contributed by atoms with E-state index in [9.17, 15) is 22.8 Å². The van der Waals surface area contributed by atoms with Crippen molar-refractivity contribution in [2.24, 2.45) is 0 Å². The monoisotopic (exact) mass is 421 g/mol. The topological polar surface area (TPSA) is 64.4 Å². The maximum atomic E-state index is 13.2. The predicted octanol–water partition coefficient (Wildman–Crippen LogP) is 3.34. The largest absolute Gasteiger partial charge is 0.416 e. The molecule has 2 aromatic rings. The molecule has 1 saturated carbocycles. The SMILES string of the molecule is Cc1cc(=O)c(C(=O)N2CCOC3CCCCC32)nn1-c1cccc(C(F)(F)F)c1. The van der Waals surface area contributed by atoms with Crippen LogP contribution in [0.25, 0.3) is 5.69 Å². The Balaban J connectivity index is 1.72. The molecule has 2 heterocycles. The second-order valence-electron chi connectivity index (χ2n) is 7.72. The summed E-state index contributed by atoms with van der Waals surface area (Å²) in [6.45, 7) is 2.31. The van der Waals surface area contributed by atoms with Gasteiger partial charge in [0.05, 0.1) is 30.0 Å². The van der Waals surface area contributed by atoms with Gasteiger partial charge in [-0.15, -0.1) is 0 Å². The second-order valence-corrected chi connectivity index (χ2v) is 7.72. The van der Waals surface area contributed by atoms with Crippen molar-refractivity contribution in [1.82, 2.24) is 14.7 Å². The first-order valence-electron chi connectivity index (χ1n) is 9.97. The van der Waals surface area contributed by atoms with Gasteiger partial charge < -0.3 is 9.64 Å². The fraction of sp³-hybridized carbons (Fsp3) is 0.476. The van der Waals surface area contributed by atoms with Gasteiger partial charge in [0.15, 0.2) is 5.69 Å². The Labute approximate surface area is 171 Å². The van der Waals surface area contributed by atoms with Crippen LogP contribution in [0.5, 0.6) is 0 Å². The van der Waals surface area contributed by atoms with Crippen LogP contribution in [0.15, 0.2) is 35.1 Å². The zero-order valence-electron chi connectivity index (χ0n) is 16.5. The third-order valence-electron chi connectivity index (χ3n) is 5.72. The molecule has 2 unspecified atom stereocenters. The highest BCUT2D eigenvalue weighted by atomic mass is 19.4. The summed E-state index contributed by atoms with van der Waals surface area (Å²) in [5.74, 6) is -0.499. The number of aryl methyl sites for hydroxylation is 1. The third-order valence-corrected chi connectivity index (χ3v) is 5.72. The minimum atomic E-state index is -4.51. The van der Waals surface area contributed by atoms with Gasteiger partial charge in [-0.25, -0.2) is 4.68 Å². The van der Waals surface area contributed by atoms with Crippen molar-refractivity contribution in [1.29, 1.82) is 0 Å². The quantitative estimate of drug-likeness (QED) is 0.746. The van der Waals surface area contributed by atoms with Gasteiger partial charge in [0.25, 0.3) is 5.91 Å². The highest BCUT2D eigenvalue weighted by Crippen LogP contribution is 2.31. The molecule has 160 valence electrons. The molecule has 0 radical (unpaired) electrons. The maximum absolute atomic E-state index is 13.2. The Morgan fingerprint density at radius 3 is 2.73 bits per heavy atom. The van der Waals surface area contributed by atoms with E-state index in [0.29, 0.717) is 18.8 Å². The number of amides is 1. The number of hydrogen-bond donors (Lipinski definition) is 0. The van der Waals surface area contributed by atoms with E-state index in [1.807, 2.05) is 0 Å². The lowest BCUT2D eigenvalue weighted by molar-refractivity contribution is -0.137. The molecule has 1 aliphatic heterocycles. The van der Waals surface area contributed by atoms with E-state index in [0.717, 1.165) is 37.8 Å².